The summed E-state index contributed by atoms with van der Waals surface area (Å²) in [6.07, 6.45) is 1.34. The molecule has 1 unspecified atom stereocenters. The zero-order valence-electron chi connectivity index (χ0n) is 11.3. The van der Waals surface area contributed by atoms with Crippen molar-refractivity contribution in [3.63, 3.8) is 0 Å². The molecule has 0 saturated carbocycles. The molecule has 0 aliphatic carbocycles. The van der Waals surface area contributed by atoms with E-state index < -0.39 is 11.9 Å². The second-order valence-corrected chi connectivity index (χ2v) is 4.75. The Hall–Kier alpha value is -2.08. The number of phenols is 1. The molecule has 1 rings (SSSR count). The first-order chi connectivity index (χ1) is 9.38. The van der Waals surface area contributed by atoms with Crippen molar-refractivity contribution in [2.75, 3.05) is 13.1 Å². The van der Waals surface area contributed by atoms with Crippen LogP contribution in [0.1, 0.15) is 18.9 Å². The zero-order chi connectivity index (χ0) is 15.1. The van der Waals surface area contributed by atoms with Crippen LogP contribution in [-0.4, -0.2) is 51.3 Å². The molecule has 0 spiro atoms. The van der Waals surface area contributed by atoms with Gasteiger partial charge < -0.3 is 15.3 Å². The van der Waals surface area contributed by atoms with Crippen molar-refractivity contribution in [2.24, 2.45) is 0 Å². The highest BCUT2D eigenvalue weighted by Gasteiger charge is 2.19. The Morgan fingerprint density at radius 1 is 1.10 bits per heavy atom. The van der Waals surface area contributed by atoms with Crippen LogP contribution in [0.5, 0.6) is 5.75 Å². The number of carboxylic acids is 2. The van der Waals surface area contributed by atoms with Gasteiger partial charge in [0.15, 0.2) is 0 Å². The molecule has 1 aromatic carbocycles. The molecule has 0 aliphatic heterocycles. The topological polar surface area (TPSA) is 98.1 Å². The van der Waals surface area contributed by atoms with Crippen LogP contribution in [0.15, 0.2) is 24.3 Å². The molecule has 1 atom stereocenters. The van der Waals surface area contributed by atoms with E-state index in [0.717, 1.165) is 5.56 Å². The number of aliphatic carboxylic acids is 2. The first-order valence-electron chi connectivity index (χ1n) is 6.34. The summed E-state index contributed by atoms with van der Waals surface area (Å²) >= 11 is 0. The van der Waals surface area contributed by atoms with E-state index in [9.17, 15) is 14.7 Å². The van der Waals surface area contributed by atoms with Gasteiger partial charge in [-0.25, -0.2) is 0 Å². The molecule has 20 heavy (non-hydrogen) atoms. The second-order valence-electron chi connectivity index (χ2n) is 4.75. The summed E-state index contributed by atoms with van der Waals surface area (Å²) < 4.78 is 0. The van der Waals surface area contributed by atoms with E-state index in [2.05, 4.69) is 0 Å². The van der Waals surface area contributed by atoms with Crippen molar-refractivity contribution in [1.29, 1.82) is 0 Å². The third kappa shape index (κ3) is 5.71. The van der Waals surface area contributed by atoms with E-state index in [1.165, 1.54) is 4.90 Å². The third-order valence-electron chi connectivity index (χ3n) is 3.09. The molecule has 6 heteroatoms. The van der Waals surface area contributed by atoms with Gasteiger partial charge in [-0.2, -0.15) is 0 Å². The maximum absolute atomic E-state index is 10.7. The van der Waals surface area contributed by atoms with Crippen LogP contribution < -0.4 is 0 Å². The molecular weight excluding hydrogens is 262 g/mol. The number of phenolic OH excluding ortho intramolecular Hbond substituents is 1. The summed E-state index contributed by atoms with van der Waals surface area (Å²) in [4.78, 5) is 22.9. The molecule has 0 aliphatic rings. The van der Waals surface area contributed by atoms with Gasteiger partial charge in [-0.05, 0) is 37.5 Å². The Balaban J connectivity index is 2.56. The van der Waals surface area contributed by atoms with E-state index in [-0.39, 0.29) is 24.9 Å². The Kier molecular flexibility index (Phi) is 5.99. The fourth-order valence-corrected chi connectivity index (χ4v) is 1.94. The molecular formula is C14H19NO5. The Bertz CT molecular complexity index is 441. The normalized spacial score (nSPS) is 12.3. The number of hydrogen-bond donors (Lipinski definition) is 3. The molecule has 110 valence electrons. The molecule has 3 N–H and O–H groups in total. The van der Waals surface area contributed by atoms with Crippen LogP contribution in [-0.2, 0) is 16.0 Å². The maximum Gasteiger partial charge on any atom is 0.317 e. The first kappa shape index (κ1) is 16.0. The lowest BCUT2D eigenvalue weighted by Gasteiger charge is -2.25. The summed E-state index contributed by atoms with van der Waals surface area (Å²) in [5, 5.41) is 26.8. The minimum atomic E-state index is -1.04. The van der Waals surface area contributed by atoms with Crippen LogP contribution in [0, 0.1) is 0 Å². The number of rotatable bonds is 8. The van der Waals surface area contributed by atoms with Crippen LogP contribution in [0.3, 0.4) is 0 Å². The molecule has 0 fully saturated rings. The van der Waals surface area contributed by atoms with Crippen molar-refractivity contribution in [1.82, 2.24) is 4.90 Å². The van der Waals surface area contributed by atoms with E-state index in [0.29, 0.717) is 12.8 Å². The van der Waals surface area contributed by atoms with Gasteiger partial charge in [-0.1, -0.05) is 12.1 Å². The quantitative estimate of drug-likeness (QED) is 0.662. The molecule has 0 radical (unpaired) electrons. The number of nitrogens with zero attached hydrogens (tertiary/aromatic N) is 1. The van der Waals surface area contributed by atoms with Crippen molar-refractivity contribution in [3.05, 3.63) is 29.8 Å². The van der Waals surface area contributed by atoms with Gasteiger partial charge in [0, 0.05) is 6.04 Å². The number of hydrogen-bond acceptors (Lipinski definition) is 4. The van der Waals surface area contributed by atoms with Gasteiger partial charge in [0.05, 0.1) is 13.1 Å². The lowest BCUT2D eigenvalue weighted by atomic mass is 10.0. The Morgan fingerprint density at radius 3 is 2.05 bits per heavy atom. The van der Waals surface area contributed by atoms with Gasteiger partial charge in [0.2, 0.25) is 0 Å². The minimum absolute atomic E-state index is 0.156. The van der Waals surface area contributed by atoms with Gasteiger partial charge in [0.1, 0.15) is 5.75 Å². The molecule has 0 bridgehead atoms. The molecule has 0 amide bonds. The maximum atomic E-state index is 10.7. The lowest BCUT2D eigenvalue weighted by molar-refractivity contribution is -0.142. The highest BCUT2D eigenvalue weighted by atomic mass is 16.4. The number of aromatic hydroxyl groups is 1. The summed E-state index contributed by atoms with van der Waals surface area (Å²) in [5.74, 6) is -1.88. The fraction of sp³-hybridized carbons (Fsp3) is 0.429. The van der Waals surface area contributed by atoms with Gasteiger partial charge in [0.25, 0.3) is 0 Å². The van der Waals surface area contributed by atoms with E-state index >= 15 is 0 Å². The summed E-state index contributed by atoms with van der Waals surface area (Å²) in [5.41, 5.74) is 1.01. The first-order valence-corrected chi connectivity index (χ1v) is 6.34. The number of aryl methyl sites for hydroxylation is 1. The summed E-state index contributed by atoms with van der Waals surface area (Å²) in [6, 6.07) is 6.61. The monoisotopic (exact) mass is 281 g/mol. The molecule has 0 saturated heterocycles. The fourth-order valence-electron chi connectivity index (χ4n) is 1.94. The predicted octanol–water partition coefficient (Wildman–Crippen LogP) is 1.18. The van der Waals surface area contributed by atoms with E-state index in [4.69, 9.17) is 10.2 Å². The van der Waals surface area contributed by atoms with Crippen molar-refractivity contribution >= 4 is 11.9 Å². The number of carboxylic acid groups (broad SMARTS) is 2. The Morgan fingerprint density at radius 2 is 1.60 bits per heavy atom. The Labute approximate surface area is 117 Å². The van der Waals surface area contributed by atoms with E-state index in [1.54, 1.807) is 24.3 Å². The third-order valence-corrected chi connectivity index (χ3v) is 3.09. The number of carbonyl (C=O) groups is 2. The van der Waals surface area contributed by atoms with Crippen LogP contribution >= 0.6 is 0 Å². The van der Waals surface area contributed by atoms with Crippen molar-refractivity contribution in [3.8, 4) is 5.75 Å². The zero-order valence-corrected chi connectivity index (χ0v) is 11.3. The SMILES string of the molecule is CC(CCc1ccc(O)cc1)N(CC(=O)O)CC(=O)O. The minimum Gasteiger partial charge on any atom is -0.508 e. The van der Waals surface area contributed by atoms with Gasteiger partial charge in [-0.15, -0.1) is 0 Å². The highest BCUT2D eigenvalue weighted by Crippen LogP contribution is 2.13. The van der Waals surface area contributed by atoms with Crippen LogP contribution in [0.4, 0.5) is 0 Å². The summed E-state index contributed by atoms with van der Waals surface area (Å²) in [6.45, 7) is 1.23. The van der Waals surface area contributed by atoms with Crippen molar-refractivity contribution in [2.45, 2.75) is 25.8 Å². The highest BCUT2D eigenvalue weighted by molar-refractivity contribution is 5.72. The predicted molar refractivity (Wildman–Crippen MR) is 72.7 cm³/mol. The lowest BCUT2D eigenvalue weighted by Crippen LogP contribution is -2.41. The average Bonchev–Trinajstić information content (AvgIpc) is 2.36. The molecule has 0 heterocycles. The summed E-state index contributed by atoms with van der Waals surface area (Å²) in [7, 11) is 0. The molecule has 1 aromatic rings. The standard InChI is InChI=1S/C14H19NO5/c1-10(15(8-13(17)18)9-14(19)20)2-3-11-4-6-12(16)7-5-11/h4-7,10,16H,2-3,8-9H2,1H3,(H,17,18)(H,19,20). The van der Waals surface area contributed by atoms with Crippen LogP contribution in [0.25, 0.3) is 0 Å². The number of benzene rings is 1. The van der Waals surface area contributed by atoms with Crippen LogP contribution in [0.2, 0.25) is 0 Å². The van der Waals surface area contributed by atoms with E-state index in [1.807, 2.05) is 6.92 Å². The average molecular weight is 281 g/mol. The molecule has 6 nitrogen and oxygen atoms in total. The van der Waals surface area contributed by atoms with Gasteiger partial charge >= 0.3 is 11.9 Å². The van der Waals surface area contributed by atoms with Gasteiger partial charge in [-0.3, -0.25) is 14.5 Å². The molecule has 0 aromatic heterocycles. The second kappa shape index (κ2) is 7.49. The largest absolute Gasteiger partial charge is 0.508 e. The smallest absolute Gasteiger partial charge is 0.317 e. The van der Waals surface area contributed by atoms with Crippen molar-refractivity contribution < 1.29 is 24.9 Å².